The van der Waals surface area contributed by atoms with Crippen LogP contribution in [0, 0.1) is 19.8 Å². The molecule has 28 heavy (non-hydrogen) atoms. The fraction of sp³-hybridized carbons (Fsp3) is 0.520. The van der Waals surface area contributed by atoms with E-state index in [1.165, 1.54) is 47.9 Å². The summed E-state index contributed by atoms with van der Waals surface area (Å²) in [6.07, 6.45) is 5.53. The van der Waals surface area contributed by atoms with Crippen molar-refractivity contribution in [3.8, 4) is 5.75 Å². The highest BCUT2D eigenvalue weighted by Crippen LogP contribution is 2.41. The summed E-state index contributed by atoms with van der Waals surface area (Å²) in [6, 6.07) is 15.8. The Morgan fingerprint density at radius 2 is 1.64 bits per heavy atom. The number of benzene rings is 2. The van der Waals surface area contributed by atoms with Crippen LogP contribution in [0.2, 0.25) is 0 Å². The summed E-state index contributed by atoms with van der Waals surface area (Å²) in [6.45, 7) is 9.59. The van der Waals surface area contributed by atoms with Gasteiger partial charge in [-0.2, -0.15) is 0 Å². The second kappa shape index (κ2) is 9.11. The van der Waals surface area contributed by atoms with E-state index in [0.717, 1.165) is 37.8 Å². The van der Waals surface area contributed by atoms with Crippen LogP contribution in [-0.2, 0) is 6.61 Å². The van der Waals surface area contributed by atoms with E-state index in [-0.39, 0.29) is 0 Å². The molecule has 3 nitrogen and oxygen atoms in total. The molecular formula is C25H34N2O. The van der Waals surface area contributed by atoms with E-state index >= 15 is 0 Å². The van der Waals surface area contributed by atoms with E-state index in [1.807, 2.05) is 6.07 Å². The largest absolute Gasteiger partial charge is 0.488 e. The second-order valence-electron chi connectivity index (χ2n) is 8.53. The van der Waals surface area contributed by atoms with Gasteiger partial charge in [-0.1, -0.05) is 55.3 Å². The molecule has 0 unspecified atom stereocenters. The molecule has 1 saturated carbocycles. The van der Waals surface area contributed by atoms with Crippen molar-refractivity contribution < 1.29 is 4.74 Å². The molecule has 1 aliphatic heterocycles. The molecular weight excluding hydrogens is 344 g/mol. The lowest BCUT2D eigenvalue weighted by Gasteiger charge is -2.39. The van der Waals surface area contributed by atoms with Crippen molar-refractivity contribution in [1.29, 1.82) is 0 Å². The van der Waals surface area contributed by atoms with Gasteiger partial charge in [-0.25, -0.2) is 0 Å². The summed E-state index contributed by atoms with van der Waals surface area (Å²) in [5, 5.41) is 3.51. The number of nitrogens with zero attached hydrogens (tertiary/aromatic N) is 1. The van der Waals surface area contributed by atoms with Crippen LogP contribution < -0.4 is 10.1 Å². The maximum atomic E-state index is 6.24. The predicted octanol–water partition coefficient (Wildman–Crippen LogP) is 5.02. The molecule has 1 atom stereocenters. The van der Waals surface area contributed by atoms with Gasteiger partial charge in [0, 0.05) is 32.2 Å². The van der Waals surface area contributed by atoms with Gasteiger partial charge in [0.1, 0.15) is 12.4 Å². The summed E-state index contributed by atoms with van der Waals surface area (Å²) in [7, 11) is 0. The molecule has 150 valence electrons. The minimum Gasteiger partial charge on any atom is -0.488 e. The zero-order chi connectivity index (χ0) is 19.3. The first-order valence-corrected chi connectivity index (χ1v) is 10.9. The number of nitrogens with one attached hydrogen (secondary N) is 1. The highest BCUT2D eigenvalue weighted by molar-refractivity contribution is 5.44. The van der Waals surface area contributed by atoms with Crippen molar-refractivity contribution in [3.63, 3.8) is 0 Å². The van der Waals surface area contributed by atoms with E-state index in [9.17, 15) is 0 Å². The van der Waals surface area contributed by atoms with Crippen molar-refractivity contribution in [1.82, 2.24) is 10.2 Å². The normalized spacial score (nSPS) is 19.6. The number of rotatable bonds is 6. The lowest BCUT2D eigenvalue weighted by Crippen LogP contribution is -2.46. The van der Waals surface area contributed by atoms with Gasteiger partial charge in [-0.05, 0) is 54.9 Å². The topological polar surface area (TPSA) is 24.5 Å². The van der Waals surface area contributed by atoms with Crippen LogP contribution in [0.4, 0.5) is 0 Å². The maximum Gasteiger partial charge on any atom is 0.125 e. The third-order valence-electron chi connectivity index (χ3n) is 6.44. The molecule has 0 amide bonds. The Morgan fingerprint density at radius 3 is 2.29 bits per heavy atom. The summed E-state index contributed by atoms with van der Waals surface area (Å²) in [4.78, 5) is 2.73. The van der Waals surface area contributed by atoms with E-state index in [1.54, 1.807) is 0 Å². The van der Waals surface area contributed by atoms with Crippen molar-refractivity contribution in [2.45, 2.75) is 52.2 Å². The second-order valence-corrected chi connectivity index (χ2v) is 8.53. The molecule has 1 heterocycles. The molecule has 2 aliphatic rings. The molecule has 2 aromatic carbocycles. The molecule has 0 radical (unpaired) electrons. The average molecular weight is 379 g/mol. The fourth-order valence-corrected chi connectivity index (χ4v) is 5.13. The predicted molar refractivity (Wildman–Crippen MR) is 116 cm³/mol. The quantitative estimate of drug-likeness (QED) is 0.764. The number of aryl methyl sites for hydroxylation is 2. The third-order valence-corrected chi connectivity index (χ3v) is 6.44. The average Bonchev–Trinajstić information content (AvgIpc) is 3.23. The van der Waals surface area contributed by atoms with Crippen molar-refractivity contribution in [2.75, 3.05) is 26.2 Å². The molecule has 3 heteroatoms. The van der Waals surface area contributed by atoms with Gasteiger partial charge in [0.15, 0.2) is 0 Å². The number of hydrogen-bond donors (Lipinski definition) is 1. The Kier molecular flexibility index (Phi) is 6.33. The van der Waals surface area contributed by atoms with E-state index in [0.29, 0.717) is 12.6 Å². The van der Waals surface area contributed by atoms with Crippen molar-refractivity contribution in [2.24, 2.45) is 5.92 Å². The summed E-state index contributed by atoms with van der Waals surface area (Å²) >= 11 is 0. The Labute approximate surface area is 170 Å². The first kappa shape index (κ1) is 19.5. The molecule has 2 fully saturated rings. The highest BCUT2D eigenvalue weighted by Gasteiger charge is 2.32. The van der Waals surface area contributed by atoms with Crippen molar-refractivity contribution in [3.05, 3.63) is 64.7 Å². The van der Waals surface area contributed by atoms with Crippen LogP contribution in [-0.4, -0.2) is 31.1 Å². The van der Waals surface area contributed by atoms with Gasteiger partial charge in [0.05, 0.1) is 0 Å². The Hall–Kier alpha value is -1.84. The van der Waals surface area contributed by atoms with Crippen LogP contribution in [0.3, 0.4) is 0 Å². The minimum absolute atomic E-state index is 0.560. The standard InChI is InChI=1S/C25H34N2O/c1-19-16-23(17-20(2)25(19)28-18-21-8-4-3-5-9-21)24(22-10-6-7-11-22)27-14-12-26-13-15-27/h3-5,8-9,16-17,22,24,26H,6-7,10-15,18H2,1-2H3/t24-/m0/s1. The molecule has 1 N–H and O–H groups in total. The molecule has 1 aliphatic carbocycles. The minimum atomic E-state index is 0.560. The summed E-state index contributed by atoms with van der Waals surface area (Å²) < 4.78 is 6.24. The summed E-state index contributed by atoms with van der Waals surface area (Å²) in [5.74, 6) is 1.85. The SMILES string of the molecule is Cc1cc([C@H](C2CCCC2)N2CCNCC2)cc(C)c1OCc1ccccc1. The van der Waals surface area contributed by atoms with Crippen LogP contribution in [0.5, 0.6) is 5.75 Å². The van der Waals surface area contributed by atoms with Crippen molar-refractivity contribution >= 4 is 0 Å². The lowest BCUT2D eigenvalue weighted by atomic mass is 9.88. The van der Waals surface area contributed by atoms with Crippen LogP contribution in [0.1, 0.15) is 54.0 Å². The van der Waals surface area contributed by atoms with Gasteiger partial charge in [0.25, 0.3) is 0 Å². The highest BCUT2D eigenvalue weighted by atomic mass is 16.5. The monoisotopic (exact) mass is 378 g/mol. The number of piperazine rings is 1. The van der Waals surface area contributed by atoms with Crippen LogP contribution >= 0.6 is 0 Å². The molecule has 2 aromatic rings. The van der Waals surface area contributed by atoms with Gasteiger partial charge in [-0.15, -0.1) is 0 Å². The third kappa shape index (κ3) is 4.42. The molecule has 0 bridgehead atoms. The summed E-state index contributed by atoms with van der Waals surface area (Å²) in [5.41, 5.74) is 5.25. The van der Waals surface area contributed by atoms with Crippen LogP contribution in [0.25, 0.3) is 0 Å². The molecule has 1 saturated heterocycles. The molecule has 0 aromatic heterocycles. The van der Waals surface area contributed by atoms with Gasteiger partial charge in [0.2, 0.25) is 0 Å². The zero-order valence-electron chi connectivity index (χ0n) is 17.4. The molecule has 4 rings (SSSR count). The van der Waals surface area contributed by atoms with E-state index in [2.05, 4.69) is 60.5 Å². The molecule has 0 spiro atoms. The van der Waals surface area contributed by atoms with E-state index < -0.39 is 0 Å². The van der Waals surface area contributed by atoms with Gasteiger partial charge < -0.3 is 10.1 Å². The Bertz CT molecular complexity index is 738. The van der Waals surface area contributed by atoms with Gasteiger partial charge in [-0.3, -0.25) is 4.90 Å². The smallest absolute Gasteiger partial charge is 0.125 e. The first-order valence-electron chi connectivity index (χ1n) is 10.9. The zero-order valence-corrected chi connectivity index (χ0v) is 17.4. The maximum absolute atomic E-state index is 6.24. The Balaban J connectivity index is 1.57. The van der Waals surface area contributed by atoms with Crippen LogP contribution in [0.15, 0.2) is 42.5 Å². The number of hydrogen-bond acceptors (Lipinski definition) is 3. The number of ether oxygens (including phenoxy) is 1. The van der Waals surface area contributed by atoms with E-state index in [4.69, 9.17) is 4.74 Å². The van der Waals surface area contributed by atoms with Gasteiger partial charge >= 0.3 is 0 Å². The lowest BCUT2D eigenvalue weighted by molar-refractivity contribution is 0.125. The first-order chi connectivity index (χ1) is 13.7. The Morgan fingerprint density at radius 1 is 1.00 bits per heavy atom. The fourth-order valence-electron chi connectivity index (χ4n) is 5.13.